The van der Waals surface area contributed by atoms with E-state index in [4.69, 9.17) is 0 Å². The summed E-state index contributed by atoms with van der Waals surface area (Å²) < 4.78 is 32.8. The van der Waals surface area contributed by atoms with Crippen LogP contribution in [0.15, 0.2) is 41.4 Å². The second kappa shape index (κ2) is 6.06. The molecule has 0 bridgehead atoms. The summed E-state index contributed by atoms with van der Waals surface area (Å²) in [7, 11) is -0.631. The van der Waals surface area contributed by atoms with E-state index in [-0.39, 0.29) is 11.4 Å². The number of methoxy groups -OCH3 is 1. The van der Waals surface area contributed by atoms with Gasteiger partial charge in [0.1, 0.15) is 0 Å². The summed E-state index contributed by atoms with van der Waals surface area (Å²) in [6.45, 7) is 0.0991. The Morgan fingerprint density at radius 3 is 2.48 bits per heavy atom. The van der Waals surface area contributed by atoms with Crippen molar-refractivity contribution in [3.05, 3.63) is 47.8 Å². The molecule has 0 aliphatic heterocycles. The van der Waals surface area contributed by atoms with Gasteiger partial charge < -0.3 is 4.74 Å². The third kappa shape index (κ3) is 3.67. The Balaban J connectivity index is 2.10. The standard InChI is InChI=1S/C13H15N3O4S/c1-16-8-7-11(15-16)9-14-21(18,19)12-5-3-10(4-6-12)13(17)20-2/h3-8,14H,9H2,1-2H3. The first-order chi connectivity index (χ1) is 9.92. The van der Waals surface area contributed by atoms with Crippen molar-refractivity contribution in [2.75, 3.05) is 7.11 Å². The number of esters is 1. The number of aryl methyl sites for hydroxylation is 1. The summed E-state index contributed by atoms with van der Waals surface area (Å²) in [4.78, 5) is 11.4. The van der Waals surface area contributed by atoms with Crippen LogP contribution in [0.5, 0.6) is 0 Å². The van der Waals surface area contributed by atoms with Crippen LogP contribution in [0.3, 0.4) is 0 Å². The van der Waals surface area contributed by atoms with Crippen molar-refractivity contribution >= 4 is 16.0 Å². The average molecular weight is 309 g/mol. The maximum atomic E-state index is 12.1. The van der Waals surface area contributed by atoms with Gasteiger partial charge in [-0.25, -0.2) is 17.9 Å². The largest absolute Gasteiger partial charge is 0.465 e. The zero-order valence-electron chi connectivity index (χ0n) is 11.6. The number of carbonyl (C=O) groups is 1. The molecule has 2 rings (SSSR count). The number of benzene rings is 1. The van der Waals surface area contributed by atoms with E-state index < -0.39 is 16.0 Å². The minimum atomic E-state index is -3.65. The first kappa shape index (κ1) is 15.2. The van der Waals surface area contributed by atoms with E-state index in [9.17, 15) is 13.2 Å². The fourth-order valence-electron chi connectivity index (χ4n) is 1.70. The molecular weight excluding hydrogens is 294 g/mol. The SMILES string of the molecule is COC(=O)c1ccc(S(=O)(=O)NCc2ccn(C)n2)cc1. The van der Waals surface area contributed by atoms with E-state index in [1.165, 1.54) is 31.4 Å². The number of nitrogens with zero attached hydrogens (tertiary/aromatic N) is 2. The van der Waals surface area contributed by atoms with Crippen LogP contribution in [-0.4, -0.2) is 31.3 Å². The van der Waals surface area contributed by atoms with E-state index in [0.717, 1.165) is 0 Å². The molecule has 8 heteroatoms. The van der Waals surface area contributed by atoms with Crippen molar-refractivity contribution in [3.8, 4) is 0 Å². The van der Waals surface area contributed by atoms with Crippen molar-refractivity contribution in [3.63, 3.8) is 0 Å². The summed E-state index contributed by atoms with van der Waals surface area (Å²) in [5, 5.41) is 4.08. The Morgan fingerprint density at radius 2 is 1.95 bits per heavy atom. The molecular formula is C13H15N3O4S. The fourth-order valence-corrected chi connectivity index (χ4v) is 2.70. The van der Waals surface area contributed by atoms with E-state index in [2.05, 4.69) is 14.6 Å². The lowest BCUT2D eigenvalue weighted by atomic mass is 10.2. The molecule has 0 unspecified atom stereocenters. The van der Waals surface area contributed by atoms with Crippen LogP contribution in [0.1, 0.15) is 16.1 Å². The van der Waals surface area contributed by atoms with Crippen molar-refractivity contribution < 1.29 is 17.9 Å². The molecule has 0 aliphatic rings. The van der Waals surface area contributed by atoms with Gasteiger partial charge in [-0.3, -0.25) is 4.68 Å². The first-order valence-corrected chi connectivity index (χ1v) is 7.57. The smallest absolute Gasteiger partial charge is 0.337 e. The van der Waals surface area contributed by atoms with Gasteiger partial charge in [-0.2, -0.15) is 5.10 Å². The van der Waals surface area contributed by atoms with Gasteiger partial charge in [0.2, 0.25) is 10.0 Å². The molecule has 0 amide bonds. The maximum absolute atomic E-state index is 12.1. The summed E-state index contributed by atoms with van der Waals surface area (Å²) in [6, 6.07) is 7.24. The monoisotopic (exact) mass is 309 g/mol. The van der Waals surface area contributed by atoms with Crippen molar-refractivity contribution in [2.45, 2.75) is 11.4 Å². The predicted molar refractivity (Wildman–Crippen MR) is 75.0 cm³/mol. The summed E-state index contributed by atoms with van der Waals surface area (Å²) in [5.74, 6) is -0.514. The van der Waals surface area contributed by atoms with Gasteiger partial charge in [-0.15, -0.1) is 0 Å². The molecule has 2 aromatic rings. The number of aromatic nitrogens is 2. The van der Waals surface area contributed by atoms with Crippen LogP contribution in [-0.2, 0) is 28.4 Å². The molecule has 1 heterocycles. The van der Waals surface area contributed by atoms with Gasteiger partial charge in [-0.05, 0) is 30.3 Å². The first-order valence-electron chi connectivity index (χ1n) is 6.09. The summed E-state index contributed by atoms with van der Waals surface area (Å²) >= 11 is 0. The molecule has 0 fully saturated rings. The quantitative estimate of drug-likeness (QED) is 0.821. The van der Waals surface area contributed by atoms with Crippen LogP contribution in [0.25, 0.3) is 0 Å². The van der Waals surface area contributed by atoms with Crippen LogP contribution in [0.4, 0.5) is 0 Å². The summed E-state index contributed by atoms with van der Waals surface area (Å²) in [5.41, 5.74) is 0.911. The molecule has 7 nitrogen and oxygen atoms in total. The van der Waals surface area contributed by atoms with Crippen LogP contribution in [0.2, 0.25) is 0 Å². The highest BCUT2D eigenvalue weighted by atomic mass is 32.2. The van der Waals surface area contributed by atoms with Crippen molar-refractivity contribution in [1.82, 2.24) is 14.5 Å². The normalized spacial score (nSPS) is 11.3. The zero-order valence-corrected chi connectivity index (χ0v) is 12.4. The molecule has 1 aromatic heterocycles. The van der Waals surface area contributed by atoms with Crippen molar-refractivity contribution in [1.29, 1.82) is 0 Å². The minimum Gasteiger partial charge on any atom is -0.465 e. The predicted octanol–water partition coefficient (Wildman–Crippen LogP) is 0.685. The molecule has 0 aliphatic carbocycles. The molecule has 0 saturated carbocycles. The van der Waals surface area contributed by atoms with Gasteiger partial charge in [0, 0.05) is 13.2 Å². The van der Waals surface area contributed by atoms with E-state index in [1.54, 1.807) is 24.0 Å². The molecule has 1 aromatic carbocycles. The van der Waals surface area contributed by atoms with Gasteiger partial charge in [0.25, 0.3) is 0 Å². The fraction of sp³-hybridized carbons (Fsp3) is 0.231. The Hall–Kier alpha value is -2.19. The number of carbonyl (C=O) groups excluding carboxylic acids is 1. The van der Waals surface area contributed by atoms with Gasteiger partial charge in [0.05, 0.1) is 29.8 Å². The van der Waals surface area contributed by atoms with Gasteiger partial charge in [-0.1, -0.05) is 0 Å². The highest BCUT2D eigenvalue weighted by Crippen LogP contribution is 2.11. The Morgan fingerprint density at radius 1 is 1.29 bits per heavy atom. The Labute approximate surface area is 122 Å². The molecule has 1 N–H and O–H groups in total. The average Bonchev–Trinajstić information content (AvgIpc) is 2.90. The van der Waals surface area contributed by atoms with Crippen LogP contribution in [0, 0.1) is 0 Å². The van der Waals surface area contributed by atoms with E-state index in [1.807, 2.05) is 0 Å². The van der Waals surface area contributed by atoms with Crippen LogP contribution < -0.4 is 4.72 Å². The summed E-state index contributed by atoms with van der Waals surface area (Å²) in [6.07, 6.45) is 1.73. The molecule has 0 spiro atoms. The number of hydrogen-bond acceptors (Lipinski definition) is 5. The second-order valence-electron chi connectivity index (χ2n) is 4.32. The van der Waals surface area contributed by atoms with E-state index in [0.29, 0.717) is 11.3 Å². The maximum Gasteiger partial charge on any atom is 0.337 e. The molecule has 0 radical (unpaired) electrons. The highest BCUT2D eigenvalue weighted by Gasteiger charge is 2.15. The van der Waals surface area contributed by atoms with E-state index >= 15 is 0 Å². The van der Waals surface area contributed by atoms with Gasteiger partial charge in [0.15, 0.2) is 0 Å². The lowest BCUT2D eigenvalue weighted by molar-refractivity contribution is 0.0600. The lowest BCUT2D eigenvalue weighted by Gasteiger charge is -2.06. The lowest BCUT2D eigenvalue weighted by Crippen LogP contribution is -2.23. The zero-order chi connectivity index (χ0) is 15.5. The number of ether oxygens (including phenoxy) is 1. The number of sulfonamides is 1. The number of rotatable bonds is 5. The van der Waals surface area contributed by atoms with Crippen molar-refractivity contribution in [2.24, 2.45) is 7.05 Å². The Kier molecular flexibility index (Phi) is 4.39. The molecule has 0 saturated heterocycles. The Bertz CT molecular complexity index is 735. The second-order valence-corrected chi connectivity index (χ2v) is 6.09. The molecule has 0 atom stereocenters. The number of nitrogens with one attached hydrogen (secondary N) is 1. The molecule has 21 heavy (non-hydrogen) atoms. The highest BCUT2D eigenvalue weighted by molar-refractivity contribution is 7.89. The minimum absolute atomic E-state index is 0.0751. The third-order valence-electron chi connectivity index (χ3n) is 2.80. The van der Waals surface area contributed by atoms with Gasteiger partial charge >= 0.3 is 5.97 Å². The topological polar surface area (TPSA) is 90.3 Å². The number of hydrogen-bond donors (Lipinski definition) is 1. The molecule has 112 valence electrons. The third-order valence-corrected chi connectivity index (χ3v) is 4.22. The van der Waals surface area contributed by atoms with Crippen LogP contribution >= 0.6 is 0 Å².